The molecule has 0 aliphatic heterocycles. The van der Waals surface area contributed by atoms with Crippen LogP contribution in [0.3, 0.4) is 0 Å². The fraction of sp³-hybridized carbons (Fsp3) is 0.467. The molecule has 20 heavy (non-hydrogen) atoms. The summed E-state index contributed by atoms with van der Waals surface area (Å²) in [6.45, 7) is 4.52. The van der Waals surface area contributed by atoms with Crippen LogP contribution in [-0.2, 0) is 4.74 Å². The molecule has 1 atom stereocenters. The lowest BCUT2D eigenvalue weighted by atomic mass is 10.1. The molecule has 0 spiro atoms. The Bertz CT molecular complexity index is 605. The van der Waals surface area contributed by atoms with Crippen LogP contribution in [0.5, 0.6) is 5.75 Å². The first kappa shape index (κ1) is 13.1. The number of aryl methyl sites for hydroxylation is 1. The van der Waals surface area contributed by atoms with Gasteiger partial charge in [0.2, 0.25) is 5.82 Å². The van der Waals surface area contributed by atoms with Gasteiger partial charge < -0.3 is 14.4 Å². The molecule has 1 N–H and O–H groups in total. The number of aromatic hydroxyl groups is 1. The first-order valence-electron chi connectivity index (χ1n) is 6.94. The minimum absolute atomic E-state index is 0.0603. The number of ether oxygens (including phenoxy) is 1. The van der Waals surface area contributed by atoms with Crippen molar-refractivity contribution in [2.24, 2.45) is 5.92 Å². The van der Waals surface area contributed by atoms with Gasteiger partial charge in [0.05, 0.1) is 0 Å². The summed E-state index contributed by atoms with van der Waals surface area (Å²) < 4.78 is 11.1. The molecule has 1 unspecified atom stereocenters. The average molecular weight is 274 g/mol. The summed E-state index contributed by atoms with van der Waals surface area (Å²) in [4.78, 5) is 4.47. The van der Waals surface area contributed by atoms with Gasteiger partial charge in [0.15, 0.2) is 0 Å². The Morgan fingerprint density at radius 3 is 2.90 bits per heavy atom. The standard InChI is InChI=1S/C15H18N2O3/c1-3-19-13(10-4-5-10)14-16-15(20-17-14)12-7-6-11(18)8-9(12)2/h6-8,10,13,18H,3-5H2,1-2H3. The zero-order chi connectivity index (χ0) is 14.1. The summed E-state index contributed by atoms with van der Waals surface area (Å²) in [5.74, 6) is 1.84. The SMILES string of the molecule is CCOC(c1noc(-c2ccc(O)cc2C)n1)C1CC1. The predicted octanol–water partition coefficient (Wildman–Crippen LogP) is 3.24. The summed E-state index contributed by atoms with van der Waals surface area (Å²) in [5, 5.41) is 13.5. The van der Waals surface area contributed by atoms with Crippen LogP contribution in [0.4, 0.5) is 0 Å². The second-order valence-corrected chi connectivity index (χ2v) is 5.17. The highest BCUT2D eigenvalue weighted by atomic mass is 16.5. The lowest BCUT2D eigenvalue weighted by Gasteiger charge is -2.11. The van der Waals surface area contributed by atoms with Crippen molar-refractivity contribution in [3.8, 4) is 17.2 Å². The molecule has 0 bridgehead atoms. The van der Waals surface area contributed by atoms with Gasteiger partial charge in [0.25, 0.3) is 5.89 Å². The van der Waals surface area contributed by atoms with Crippen molar-refractivity contribution < 1.29 is 14.4 Å². The van der Waals surface area contributed by atoms with Crippen molar-refractivity contribution in [1.82, 2.24) is 10.1 Å². The first-order chi connectivity index (χ1) is 9.69. The number of benzene rings is 1. The largest absolute Gasteiger partial charge is 0.508 e. The topological polar surface area (TPSA) is 68.4 Å². The molecule has 3 rings (SSSR count). The van der Waals surface area contributed by atoms with Crippen molar-refractivity contribution in [2.45, 2.75) is 32.8 Å². The third-order valence-electron chi connectivity index (χ3n) is 3.53. The Labute approximate surface area is 117 Å². The Balaban J connectivity index is 1.89. The summed E-state index contributed by atoms with van der Waals surface area (Å²) >= 11 is 0. The normalized spacial score (nSPS) is 16.3. The molecule has 1 aliphatic carbocycles. The number of nitrogens with zero attached hydrogens (tertiary/aromatic N) is 2. The van der Waals surface area contributed by atoms with Crippen LogP contribution in [-0.4, -0.2) is 21.9 Å². The number of hydrogen-bond acceptors (Lipinski definition) is 5. The van der Waals surface area contributed by atoms with Crippen LogP contribution in [0.1, 0.15) is 37.3 Å². The van der Waals surface area contributed by atoms with Gasteiger partial charge >= 0.3 is 0 Å². The fourth-order valence-electron chi connectivity index (χ4n) is 2.35. The Morgan fingerprint density at radius 2 is 2.25 bits per heavy atom. The van der Waals surface area contributed by atoms with Crippen LogP contribution in [0, 0.1) is 12.8 Å². The molecular weight excluding hydrogens is 256 g/mol. The van der Waals surface area contributed by atoms with Crippen LogP contribution in [0.25, 0.3) is 11.5 Å². The molecule has 1 saturated carbocycles. The van der Waals surface area contributed by atoms with E-state index in [0.29, 0.717) is 24.2 Å². The zero-order valence-corrected chi connectivity index (χ0v) is 11.7. The maximum Gasteiger partial charge on any atom is 0.258 e. The summed E-state index contributed by atoms with van der Waals surface area (Å²) in [6, 6.07) is 5.09. The molecule has 1 aromatic heterocycles. The van der Waals surface area contributed by atoms with E-state index in [9.17, 15) is 5.11 Å². The molecule has 0 saturated heterocycles. The van der Waals surface area contributed by atoms with E-state index < -0.39 is 0 Å². The Kier molecular flexibility index (Phi) is 3.44. The molecule has 1 heterocycles. The van der Waals surface area contributed by atoms with Gasteiger partial charge in [0, 0.05) is 12.2 Å². The monoisotopic (exact) mass is 274 g/mol. The maximum absolute atomic E-state index is 9.44. The van der Waals surface area contributed by atoms with Crippen molar-refractivity contribution in [3.05, 3.63) is 29.6 Å². The van der Waals surface area contributed by atoms with Crippen LogP contribution < -0.4 is 0 Å². The highest BCUT2D eigenvalue weighted by Gasteiger charge is 2.36. The average Bonchev–Trinajstić information content (AvgIpc) is 3.14. The number of phenols is 1. The Hall–Kier alpha value is -1.88. The summed E-state index contributed by atoms with van der Waals surface area (Å²) in [7, 11) is 0. The molecule has 0 amide bonds. The zero-order valence-electron chi connectivity index (χ0n) is 11.7. The molecule has 2 aromatic rings. The van der Waals surface area contributed by atoms with E-state index >= 15 is 0 Å². The van der Waals surface area contributed by atoms with Crippen LogP contribution in [0.2, 0.25) is 0 Å². The molecule has 5 heteroatoms. The number of phenolic OH excluding ortho intramolecular Hbond substituents is 1. The van der Waals surface area contributed by atoms with Gasteiger partial charge in [-0.15, -0.1) is 0 Å². The van der Waals surface area contributed by atoms with E-state index in [1.165, 1.54) is 0 Å². The molecule has 1 fully saturated rings. The fourth-order valence-corrected chi connectivity index (χ4v) is 2.35. The molecule has 1 aromatic carbocycles. The number of aromatic nitrogens is 2. The second kappa shape index (κ2) is 5.25. The van der Waals surface area contributed by atoms with E-state index in [1.807, 2.05) is 13.8 Å². The van der Waals surface area contributed by atoms with Crippen molar-refractivity contribution in [1.29, 1.82) is 0 Å². The third kappa shape index (κ3) is 2.54. The molecule has 106 valence electrons. The third-order valence-corrected chi connectivity index (χ3v) is 3.53. The maximum atomic E-state index is 9.44. The first-order valence-corrected chi connectivity index (χ1v) is 6.94. The van der Waals surface area contributed by atoms with Crippen LogP contribution >= 0.6 is 0 Å². The summed E-state index contributed by atoms with van der Waals surface area (Å²) in [5.41, 5.74) is 1.74. The minimum atomic E-state index is -0.0603. The van der Waals surface area contributed by atoms with E-state index in [-0.39, 0.29) is 11.9 Å². The number of rotatable bonds is 5. The lowest BCUT2D eigenvalue weighted by molar-refractivity contribution is 0.0385. The van der Waals surface area contributed by atoms with Crippen molar-refractivity contribution >= 4 is 0 Å². The van der Waals surface area contributed by atoms with E-state index in [4.69, 9.17) is 9.26 Å². The van der Waals surface area contributed by atoms with E-state index in [1.54, 1.807) is 18.2 Å². The van der Waals surface area contributed by atoms with Gasteiger partial charge in [-0.3, -0.25) is 0 Å². The van der Waals surface area contributed by atoms with Gasteiger partial charge in [-0.1, -0.05) is 5.16 Å². The van der Waals surface area contributed by atoms with Gasteiger partial charge in [-0.2, -0.15) is 4.98 Å². The highest BCUT2D eigenvalue weighted by molar-refractivity contribution is 5.59. The second-order valence-electron chi connectivity index (χ2n) is 5.17. The molecule has 1 aliphatic rings. The van der Waals surface area contributed by atoms with E-state index in [0.717, 1.165) is 24.0 Å². The number of hydrogen-bond donors (Lipinski definition) is 1. The smallest absolute Gasteiger partial charge is 0.258 e. The van der Waals surface area contributed by atoms with Crippen molar-refractivity contribution in [3.63, 3.8) is 0 Å². The van der Waals surface area contributed by atoms with Gasteiger partial charge in [-0.25, -0.2) is 0 Å². The van der Waals surface area contributed by atoms with Gasteiger partial charge in [0.1, 0.15) is 11.9 Å². The van der Waals surface area contributed by atoms with Gasteiger partial charge in [-0.05, 0) is 56.4 Å². The molecule has 0 radical (unpaired) electrons. The van der Waals surface area contributed by atoms with Crippen molar-refractivity contribution in [2.75, 3.05) is 6.61 Å². The highest BCUT2D eigenvalue weighted by Crippen LogP contribution is 2.42. The van der Waals surface area contributed by atoms with Crippen LogP contribution in [0.15, 0.2) is 22.7 Å². The minimum Gasteiger partial charge on any atom is -0.508 e. The Morgan fingerprint density at radius 1 is 1.45 bits per heavy atom. The predicted molar refractivity (Wildman–Crippen MR) is 73.2 cm³/mol. The summed E-state index contributed by atoms with van der Waals surface area (Å²) in [6.07, 6.45) is 2.26. The lowest BCUT2D eigenvalue weighted by Crippen LogP contribution is -2.08. The molecular formula is C15H18N2O3. The van der Waals surface area contributed by atoms with E-state index in [2.05, 4.69) is 10.1 Å². The molecule has 5 nitrogen and oxygen atoms in total. The quantitative estimate of drug-likeness (QED) is 0.906.